The Morgan fingerprint density at radius 3 is 2.25 bits per heavy atom. The summed E-state index contributed by atoms with van der Waals surface area (Å²) >= 11 is 0. The molecule has 0 unspecified atom stereocenters. The van der Waals surface area contributed by atoms with Crippen molar-refractivity contribution < 1.29 is 14.3 Å². The fraction of sp³-hybridized carbons (Fsp3) is 0.235. The van der Waals surface area contributed by atoms with Crippen LogP contribution in [-0.4, -0.2) is 20.0 Å². The molecule has 0 spiro atoms. The summed E-state index contributed by atoms with van der Waals surface area (Å²) in [6.45, 7) is 4.02. The molecule has 104 valence electrons. The number of hydrogen-bond acceptors (Lipinski definition) is 3. The molecule has 0 aliphatic carbocycles. The number of aryl methyl sites for hydroxylation is 2. The van der Waals surface area contributed by atoms with Gasteiger partial charge in [0, 0.05) is 11.6 Å². The van der Waals surface area contributed by atoms with Crippen LogP contribution in [0.3, 0.4) is 0 Å². The molecule has 2 rings (SSSR count). The summed E-state index contributed by atoms with van der Waals surface area (Å²) < 4.78 is 10.4. The van der Waals surface area contributed by atoms with E-state index in [9.17, 15) is 4.79 Å². The van der Waals surface area contributed by atoms with Crippen molar-refractivity contribution in [3.63, 3.8) is 0 Å². The van der Waals surface area contributed by atoms with Crippen molar-refractivity contribution in [2.75, 3.05) is 14.2 Å². The highest BCUT2D eigenvalue weighted by atomic mass is 16.5. The van der Waals surface area contributed by atoms with E-state index in [-0.39, 0.29) is 5.78 Å². The van der Waals surface area contributed by atoms with Crippen LogP contribution in [0.15, 0.2) is 36.4 Å². The maximum absolute atomic E-state index is 12.6. The fourth-order valence-corrected chi connectivity index (χ4v) is 2.02. The second kappa shape index (κ2) is 5.78. The summed E-state index contributed by atoms with van der Waals surface area (Å²) in [4.78, 5) is 12.6. The van der Waals surface area contributed by atoms with E-state index in [1.54, 1.807) is 32.4 Å². The Labute approximate surface area is 119 Å². The maximum Gasteiger partial charge on any atom is 0.196 e. The lowest BCUT2D eigenvalue weighted by Crippen LogP contribution is -2.05. The third-order valence-corrected chi connectivity index (χ3v) is 3.42. The average Bonchev–Trinajstić information content (AvgIpc) is 2.48. The van der Waals surface area contributed by atoms with Gasteiger partial charge in [-0.2, -0.15) is 0 Å². The number of methoxy groups -OCH3 is 2. The van der Waals surface area contributed by atoms with E-state index >= 15 is 0 Å². The normalized spacial score (nSPS) is 10.2. The molecule has 0 radical (unpaired) electrons. The van der Waals surface area contributed by atoms with Crippen molar-refractivity contribution in [1.29, 1.82) is 0 Å². The molecule has 0 atom stereocenters. The van der Waals surface area contributed by atoms with Crippen molar-refractivity contribution in [2.45, 2.75) is 13.8 Å². The van der Waals surface area contributed by atoms with Gasteiger partial charge in [0.05, 0.1) is 19.8 Å². The van der Waals surface area contributed by atoms with E-state index in [1.807, 2.05) is 32.0 Å². The van der Waals surface area contributed by atoms with Crippen LogP contribution in [0.4, 0.5) is 0 Å². The highest BCUT2D eigenvalue weighted by Gasteiger charge is 2.15. The van der Waals surface area contributed by atoms with Gasteiger partial charge in [0.25, 0.3) is 0 Å². The Kier molecular flexibility index (Phi) is 4.08. The zero-order chi connectivity index (χ0) is 14.7. The molecular weight excluding hydrogens is 252 g/mol. The van der Waals surface area contributed by atoms with E-state index in [4.69, 9.17) is 9.47 Å². The van der Waals surface area contributed by atoms with E-state index in [0.29, 0.717) is 22.6 Å². The number of hydrogen-bond donors (Lipinski definition) is 0. The standard InChI is InChI=1S/C17H18O3/c1-11-5-6-13(9-12(11)2)17(18)15-8-7-14(19-3)10-16(15)20-4/h5-10H,1-4H3. The average molecular weight is 270 g/mol. The minimum Gasteiger partial charge on any atom is -0.497 e. The highest BCUT2D eigenvalue weighted by Crippen LogP contribution is 2.27. The van der Waals surface area contributed by atoms with Crippen LogP contribution in [-0.2, 0) is 0 Å². The van der Waals surface area contributed by atoms with Crippen molar-refractivity contribution in [3.8, 4) is 11.5 Å². The van der Waals surface area contributed by atoms with Crippen LogP contribution in [0.25, 0.3) is 0 Å². The van der Waals surface area contributed by atoms with Crippen molar-refractivity contribution >= 4 is 5.78 Å². The van der Waals surface area contributed by atoms with E-state index in [2.05, 4.69) is 0 Å². The molecular formula is C17H18O3. The predicted octanol–water partition coefficient (Wildman–Crippen LogP) is 3.55. The Morgan fingerprint density at radius 1 is 0.900 bits per heavy atom. The molecule has 0 aliphatic rings. The first-order valence-corrected chi connectivity index (χ1v) is 6.40. The number of rotatable bonds is 4. The minimum absolute atomic E-state index is 0.0485. The molecule has 20 heavy (non-hydrogen) atoms. The molecule has 3 heteroatoms. The van der Waals surface area contributed by atoms with Crippen LogP contribution in [0.2, 0.25) is 0 Å². The van der Waals surface area contributed by atoms with Crippen molar-refractivity contribution in [1.82, 2.24) is 0 Å². The summed E-state index contributed by atoms with van der Waals surface area (Å²) in [6.07, 6.45) is 0. The molecule has 0 saturated carbocycles. The summed E-state index contributed by atoms with van der Waals surface area (Å²) in [5.41, 5.74) is 3.47. The third-order valence-electron chi connectivity index (χ3n) is 3.42. The van der Waals surface area contributed by atoms with Gasteiger partial charge >= 0.3 is 0 Å². The monoisotopic (exact) mass is 270 g/mol. The van der Waals surface area contributed by atoms with Crippen LogP contribution >= 0.6 is 0 Å². The Morgan fingerprint density at radius 2 is 1.65 bits per heavy atom. The minimum atomic E-state index is -0.0485. The van der Waals surface area contributed by atoms with Crippen LogP contribution < -0.4 is 9.47 Å². The fourth-order valence-electron chi connectivity index (χ4n) is 2.02. The Balaban J connectivity index is 2.44. The molecule has 0 aliphatic heterocycles. The largest absolute Gasteiger partial charge is 0.497 e. The summed E-state index contributed by atoms with van der Waals surface area (Å²) in [7, 11) is 3.13. The maximum atomic E-state index is 12.6. The number of benzene rings is 2. The van der Waals surface area contributed by atoms with Gasteiger partial charge in [0.2, 0.25) is 0 Å². The van der Waals surface area contributed by atoms with Gasteiger partial charge < -0.3 is 9.47 Å². The van der Waals surface area contributed by atoms with Gasteiger partial charge in [-0.1, -0.05) is 12.1 Å². The number of ether oxygens (including phenoxy) is 2. The molecule has 2 aromatic carbocycles. The second-order valence-corrected chi connectivity index (χ2v) is 4.69. The lowest BCUT2D eigenvalue weighted by atomic mass is 9.98. The third kappa shape index (κ3) is 2.67. The first-order valence-electron chi connectivity index (χ1n) is 6.40. The van der Waals surface area contributed by atoms with Gasteiger partial charge in [-0.25, -0.2) is 0 Å². The zero-order valence-electron chi connectivity index (χ0n) is 12.2. The molecule has 0 fully saturated rings. The topological polar surface area (TPSA) is 35.5 Å². The smallest absolute Gasteiger partial charge is 0.196 e. The zero-order valence-corrected chi connectivity index (χ0v) is 12.2. The summed E-state index contributed by atoms with van der Waals surface area (Å²) in [6, 6.07) is 10.9. The van der Waals surface area contributed by atoms with Crippen LogP contribution in [0.5, 0.6) is 11.5 Å². The van der Waals surface area contributed by atoms with Gasteiger partial charge in [0.1, 0.15) is 11.5 Å². The molecule has 0 aromatic heterocycles. The Bertz CT molecular complexity index is 645. The molecule has 0 saturated heterocycles. The van der Waals surface area contributed by atoms with Crippen molar-refractivity contribution in [3.05, 3.63) is 58.7 Å². The van der Waals surface area contributed by atoms with Crippen LogP contribution in [0.1, 0.15) is 27.0 Å². The Hall–Kier alpha value is -2.29. The predicted molar refractivity (Wildman–Crippen MR) is 78.9 cm³/mol. The summed E-state index contributed by atoms with van der Waals surface area (Å²) in [5.74, 6) is 1.14. The first kappa shape index (κ1) is 14.1. The molecule has 0 bridgehead atoms. The molecule has 0 N–H and O–H groups in total. The SMILES string of the molecule is COc1ccc(C(=O)c2ccc(C)c(C)c2)c(OC)c1. The molecule has 2 aromatic rings. The van der Waals surface area contributed by atoms with Gasteiger partial charge in [0.15, 0.2) is 5.78 Å². The molecule has 0 amide bonds. The first-order chi connectivity index (χ1) is 9.56. The number of ketones is 1. The second-order valence-electron chi connectivity index (χ2n) is 4.69. The number of carbonyl (C=O) groups excluding carboxylic acids is 1. The molecule has 0 heterocycles. The van der Waals surface area contributed by atoms with Gasteiger partial charge in [-0.15, -0.1) is 0 Å². The lowest BCUT2D eigenvalue weighted by Gasteiger charge is -2.10. The molecule has 3 nitrogen and oxygen atoms in total. The van der Waals surface area contributed by atoms with E-state index in [0.717, 1.165) is 5.56 Å². The quantitative estimate of drug-likeness (QED) is 0.797. The van der Waals surface area contributed by atoms with E-state index < -0.39 is 0 Å². The van der Waals surface area contributed by atoms with E-state index in [1.165, 1.54) is 5.56 Å². The van der Waals surface area contributed by atoms with Gasteiger partial charge in [-0.3, -0.25) is 4.79 Å². The van der Waals surface area contributed by atoms with Crippen molar-refractivity contribution in [2.24, 2.45) is 0 Å². The van der Waals surface area contributed by atoms with Crippen LogP contribution in [0, 0.1) is 13.8 Å². The summed E-state index contributed by atoms with van der Waals surface area (Å²) in [5, 5.41) is 0. The lowest BCUT2D eigenvalue weighted by molar-refractivity contribution is 0.103. The van der Waals surface area contributed by atoms with Gasteiger partial charge in [-0.05, 0) is 43.2 Å². The number of carbonyl (C=O) groups is 1. The highest BCUT2D eigenvalue weighted by molar-refractivity contribution is 6.11.